The van der Waals surface area contributed by atoms with Gasteiger partial charge in [0.15, 0.2) is 0 Å². The normalized spacial score (nSPS) is 17.8. The van der Waals surface area contributed by atoms with Crippen LogP contribution in [0, 0.1) is 39.8 Å². The van der Waals surface area contributed by atoms with Crippen molar-refractivity contribution in [3.05, 3.63) is 167 Å². The van der Waals surface area contributed by atoms with Gasteiger partial charge in [0.25, 0.3) is 0 Å². The number of hydrogen-bond donors (Lipinski definition) is 0. The molecule has 10 rings (SSSR count). The monoisotopic (exact) mass is 806 g/mol. The summed E-state index contributed by atoms with van der Waals surface area (Å²) >= 11 is 0. The number of benzene rings is 6. The van der Waals surface area contributed by atoms with Gasteiger partial charge in [-0.2, -0.15) is 0 Å². The standard InChI is InChI=1S/C57H52N2O2/c1-34-24-52(58-32-36(34)3)44-26-48(40-13-9-8-10-14-40)38(5)54(28-44)60-45-29-50-49-25-41-15-11-12-16-42(41)27-55(49)61-56(50)51(30-45)53-31-47(37(4)33-59-53)46-18-17-43(23-35(46)2)39-19-21-57(6,7)22-20-39/h8-18,23-33,39H,19-22H2,1-7H3/i1D3,3D3,5D3,39D. The van der Waals surface area contributed by atoms with E-state index in [-0.39, 0.29) is 33.7 Å². The molecule has 0 saturated heterocycles. The Labute approximate surface area is 373 Å². The first-order chi connectivity index (χ1) is 33.5. The first-order valence-electron chi connectivity index (χ1n) is 25.9. The Morgan fingerprint density at radius 2 is 1.38 bits per heavy atom. The minimum atomic E-state index is -2.80. The molecule has 0 bridgehead atoms. The van der Waals surface area contributed by atoms with E-state index in [0.29, 0.717) is 44.5 Å². The SMILES string of the molecule is [2H]C([2H])([2H])c1cnc(-c2cc(Oc3cc(-c4cc(-c5ccc(C6([2H])CCC(C)(C)CC6)cc5C)c(C)cn4)c4oc5cc6ccccc6cc5c4c3)c(C([2H])([2H])[2H])c(-c3ccccc3)c2)cc1C([2H])([2H])[2H]. The molecule has 1 aliphatic rings. The molecule has 0 N–H and O–H groups in total. The van der Waals surface area contributed by atoms with Crippen LogP contribution >= 0.6 is 0 Å². The van der Waals surface area contributed by atoms with E-state index in [2.05, 4.69) is 50.0 Å². The molecule has 6 aromatic carbocycles. The summed E-state index contributed by atoms with van der Waals surface area (Å²) < 4.78 is 98.9. The van der Waals surface area contributed by atoms with E-state index in [1.165, 1.54) is 12.1 Å². The van der Waals surface area contributed by atoms with E-state index in [4.69, 9.17) is 26.5 Å². The highest BCUT2D eigenvalue weighted by atomic mass is 16.5. The molecular formula is C57H52N2O2. The van der Waals surface area contributed by atoms with Gasteiger partial charge < -0.3 is 9.15 Å². The average molecular weight is 807 g/mol. The highest BCUT2D eigenvalue weighted by Gasteiger charge is 2.28. The molecule has 1 saturated carbocycles. The van der Waals surface area contributed by atoms with Gasteiger partial charge in [0, 0.05) is 48.0 Å². The van der Waals surface area contributed by atoms with Crippen LogP contribution in [0.1, 0.15) is 92.5 Å². The number of aromatic nitrogens is 2. The third-order valence-electron chi connectivity index (χ3n) is 12.5. The molecule has 0 aliphatic heterocycles. The summed E-state index contributed by atoms with van der Waals surface area (Å²) in [5, 5.41) is 3.51. The second-order valence-corrected chi connectivity index (χ2v) is 17.3. The van der Waals surface area contributed by atoms with Crippen molar-refractivity contribution in [2.75, 3.05) is 0 Å². The fourth-order valence-electron chi connectivity index (χ4n) is 8.88. The van der Waals surface area contributed by atoms with Crippen LogP contribution in [0.4, 0.5) is 0 Å². The fraction of sp³-hybridized carbons (Fsp3) is 0.228. The number of hydrogen-bond acceptors (Lipinski definition) is 4. The third-order valence-corrected chi connectivity index (χ3v) is 12.5. The van der Waals surface area contributed by atoms with E-state index in [1.807, 2.05) is 61.7 Å². The van der Waals surface area contributed by atoms with E-state index >= 15 is 0 Å². The number of fused-ring (bicyclic) bond motifs is 4. The molecule has 3 aromatic heterocycles. The summed E-state index contributed by atoms with van der Waals surface area (Å²) in [6.45, 7) is 0.417. The molecule has 3 heterocycles. The predicted octanol–water partition coefficient (Wildman–Crippen LogP) is 16.2. The van der Waals surface area contributed by atoms with Crippen LogP contribution in [-0.4, -0.2) is 9.97 Å². The Morgan fingerprint density at radius 3 is 2.15 bits per heavy atom. The maximum atomic E-state index is 9.48. The van der Waals surface area contributed by atoms with Gasteiger partial charge in [0.2, 0.25) is 0 Å². The van der Waals surface area contributed by atoms with Crippen LogP contribution in [0.5, 0.6) is 11.5 Å². The van der Waals surface area contributed by atoms with Crippen LogP contribution in [0.15, 0.2) is 138 Å². The second kappa shape index (κ2) is 15.2. The molecule has 0 spiro atoms. The molecule has 4 heteroatoms. The summed E-state index contributed by atoms with van der Waals surface area (Å²) in [5.41, 5.74) is 8.05. The van der Waals surface area contributed by atoms with Gasteiger partial charge in [-0.1, -0.05) is 86.6 Å². The Hall–Kier alpha value is -6.52. The summed E-state index contributed by atoms with van der Waals surface area (Å²) in [7, 11) is 0. The minimum absolute atomic E-state index is 0.0380. The third kappa shape index (κ3) is 7.29. The topological polar surface area (TPSA) is 48.2 Å². The number of pyridine rings is 2. The van der Waals surface area contributed by atoms with Crippen molar-refractivity contribution in [3.8, 4) is 56.3 Å². The molecular weight excluding hydrogens is 745 g/mol. The van der Waals surface area contributed by atoms with Crippen LogP contribution in [-0.2, 0) is 0 Å². The van der Waals surface area contributed by atoms with Crippen molar-refractivity contribution in [2.45, 2.75) is 79.8 Å². The zero-order valence-corrected chi connectivity index (χ0v) is 34.7. The lowest BCUT2D eigenvalue weighted by Crippen LogP contribution is -2.20. The van der Waals surface area contributed by atoms with Gasteiger partial charge in [-0.15, -0.1) is 0 Å². The van der Waals surface area contributed by atoms with Crippen molar-refractivity contribution in [2.24, 2.45) is 5.41 Å². The number of aryl methyl sites for hydroxylation is 4. The van der Waals surface area contributed by atoms with Crippen molar-refractivity contribution in [1.29, 1.82) is 0 Å². The molecule has 9 aromatic rings. The molecule has 4 nitrogen and oxygen atoms in total. The van der Waals surface area contributed by atoms with Crippen molar-refractivity contribution in [3.63, 3.8) is 0 Å². The maximum absolute atomic E-state index is 9.48. The lowest BCUT2D eigenvalue weighted by Gasteiger charge is -2.34. The highest BCUT2D eigenvalue weighted by molar-refractivity contribution is 6.13. The first kappa shape index (κ1) is 28.9. The molecule has 0 amide bonds. The summed E-state index contributed by atoms with van der Waals surface area (Å²) in [5.74, 6) is -0.402. The fourth-order valence-corrected chi connectivity index (χ4v) is 8.88. The molecule has 1 aliphatic carbocycles. The Kier molecular flexibility index (Phi) is 7.19. The Balaban J connectivity index is 1.17. The number of rotatable bonds is 7. The van der Waals surface area contributed by atoms with Gasteiger partial charge >= 0.3 is 0 Å². The first-order valence-corrected chi connectivity index (χ1v) is 20.9. The number of nitrogens with zero attached hydrogens (tertiary/aromatic N) is 2. The van der Waals surface area contributed by atoms with Crippen molar-refractivity contribution < 1.29 is 22.9 Å². The van der Waals surface area contributed by atoms with Gasteiger partial charge in [0.1, 0.15) is 22.7 Å². The Morgan fingerprint density at radius 1 is 0.623 bits per heavy atom. The van der Waals surface area contributed by atoms with Gasteiger partial charge in [-0.3, -0.25) is 9.97 Å². The van der Waals surface area contributed by atoms with E-state index < -0.39 is 32.0 Å². The lowest BCUT2D eigenvalue weighted by atomic mass is 9.71. The van der Waals surface area contributed by atoms with Crippen LogP contribution in [0.2, 0.25) is 0 Å². The molecule has 0 unspecified atom stereocenters. The van der Waals surface area contributed by atoms with E-state index in [1.54, 1.807) is 36.4 Å². The van der Waals surface area contributed by atoms with Crippen LogP contribution in [0.3, 0.4) is 0 Å². The quantitative estimate of drug-likeness (QED) is 0.161. The zero-order valence-electron chi connectivity index (χ0n) is 44.7. The number of furan rings is 1. The summed E-state index contributed by atoms with van der Waals surface area (Å²) in [4.78, 5) is 9.45. The molecule has 61 heavy (non-hydrogen) atoms. The van der Waals surface area contributed by atoms with Crippen LogP contribution < -0.4 is 4.74 Å². The largest absolute Gasteiger partial charge is 0.457 e. The van der Waals surface area contributed by atoms with Gasteiger partial charge in [-0.25, -0.2) is 0 Å². The number of ether oxygens (including phenoxy) is 1. The minimum Gasteiger partial charge on any atom is -0.457 e. The van der Waals surface area contributed by atoms with Crippen molar-refractivity contribution in [1.82, 2.24) is 9.97 Å². The Bertz CT molecular complexity index is 3540. The smallest absolute Gasteiger partial charge is 0.145 e. The lowest BCUT2D eigenvalue weighted by molar-refractivity contribution is 0.224. The maximum Gasteiger partial charge on any atom is 0.145 e. The van der Waals surface area contributed by atoms with Crippen molar-refractivity contribution >= 4 is 32.7 Å². The predicted molar refractivity (Wildman–Crippen MR) is 254 cm³/mol. The average Bonchev–Trinajstić information content (AvgIpc) is 3.67. The molecule has 0 radical (unpaired) electrons. The van der Waals surface area contributed by atoms with Gasteiger partial charge in [0.05, 0.1) is 11.4 Å². The summed E-state index contributed by atoms with van der Waals surface area (Å²) in [6, 6.07) is 37.5. The van der Waals surface area contributed by atoms with E-state index in [9.17, 15) is 1.37 Å². The van der Waals surface area contributed by atoms with Crippen LogP contribution in [0.25, 0.3) is 77.5 Å². The van der Waals surface area contributed by atoms with E-state index in [0.717, 1.165) is 75.9 Å². The molecule has 1 fully saturated rings. The van der Waals surface area contributed by atoms with Gasteiger partial charge in [-0.05, 0) is 186 Å². The second-order valence-electron chi connectivity index (χ2n) is 17.3. The highest BCUT2D eigenvalue weighted by Crippen LogP contribution is 2.46. The summed E-state index contributed by atoms with van der Waals surface area (Å²) in [6.07, 6.45) is 6.52. The zero-order chi connectivity index (χ0) is 50.4. The molecule has 0 atom stereocenters. The molecule has 302 valence electrons.